The number of fused-ring (bicyclic) bond motifs is 1. The summed E-state index contributed by atoms with van der Waals surface area (Å²) < 4.78 is 7.15. The number of rotatable bonds is 5. The zero-order valence-corrected chi connectivity index (χ0v) is 15.2. The van der Waals surface area contributed by atoms with Crippen LogP contribution in [-0.2, 0) is 31.2 Å². The summed E-state index contributed by atoms with van der Waals surface area (Å²) in [7, 11) is 3.49. The van der Waals surface area contributed by atoms with Crippen molar-refractivity contribution in [3.05, 3.63) is 33.1 Å². The molecule has 2 aromatic rings. The quantitative estimate of drug-likeness (QED) is 0.900. The number of thioether (sulfide) groups is 1. The highest BCUT2D eigenvalue weighted by atomic mass is 32.2. The lowest BCUT2D eigenvalue weighted by atomic mass is 10.1. The normalized spacial score (nSPS) is 16.9. The highest BCUT2D eigenvalue weighted by Crippen LogP contribution is 2.39. The Morgan fingerprint density at radius 1 is 1.57 bits per heavy atom. The van der Waals surface area contributed by atoms with Crippen LogP contribution >= 0.6 is 23.1 Å². The molecular weight excluding hydrogens is 330 g/mol. The van der Waals surface area contributed by atoms with Crippen LogP contribution in [0.1, 0.15) is 33.9 Å². The Hall–Kier alpha value is -1.47. The summed E-state index contributed by atoms with van der Waals surface area (Å²) >= 11 is 3.47. The monoisotopic (exact) mass is 351 g/mol. The topological polar surface area (TPSA) is 56.1 Å². The van der Waals surface area contributed by atoms with Crippen LogP contribution < -0.4 is 10.1 Å². The lowest BCUT2D eigenvalue weighted by Crippen LogP contribution is -2.29. The van der Waals surface area contributed by atoms with Crippen molar-refractivity contribution in [2.75, 3.05) is 12.9 Å². The molecule has 1 atom stereocenters. The number of nitrogens with one attached hydrogen (secondary N) is 1. The van der Waals surface area contributed by atoms with Gasteiger partial charge in [0.05, 0.1) is 24.9 Å². The van der Waals surface area contributed by atoms with E-state index in [1.807, 2.05) is 7.05 Å². The first kappa shape index (κ1) is 16.4. The van der Waals surface area contributed by atoms with E-state index in [4.69, 9.17) is 4.74 Å². The van der Waals surface area contributed by atoms with E-state index < -0.39 is 0 Å². The maximum absolute atomic E-state index is 12.6. The molecule has 7 heteroatoms. The third-order valence-corrected chi connectivity index (χ3v) is 6.29. The Morgan fingerprint density at radius 3 is 3.13 bits per heavy atom. The SMILES string of the molecule is CCc1nn(C)c(OC)c1CNC(=O)[C@@H]1SCCc2sccc21. The predicted molar refractivity (Wildman–Crippen MR) is 94.2 cm³/mol. The Morgan fingerprint density at radius 2 is 2.39 bits per heavy atom. The van der Waals surface area contributed by atoms with Crippen LogP contribution in [0.2, 0.25) is 0 Å². The van der Waals surface area contributed by atoms with E-state index in [2.05, 4.69) is 28.8 Å². The molecule has 1 aliphatic rings. The molecule has 1 amide bonds. The molecule has 124 valence electrons. The fraction of sp³-hybridized carbons (Fsp3) is 0.500. The summed E-state index contributed by atoms with van der Waals surface area (Å²) in [6.45, 7) is 2.51. The third kappa shape index (κ3) is 3.12. The van der Waals surface area contributed by atoms with E-state index >= 15 is 0 Å². The van der Waals surface area contributed by atoms with Crippen molar-refractivity contribution < 1.29 is 9.53 Å². The van der Waals surface area contributed by atoms with Crippen LogP contribution in [0, 0.1) is 0 Å². The molecule has 0 radical (unpaired) electrons. The number of nitrogens with zero attached hydrogens (tertiary/aromatic N) is 2. The van der Waals surface area contributed by atoms with Gasteiger partial charge in [-0.05, 0) is 35.6 Å². The van der Waals surface area contributed by atoms with Gasteiger partial charge in [-0.2, -0.15) is 5.10 Å². The molecule has 0 spiro atoms. The van der Waals surface area contributed by atoms with Crippen LogP contribution in [0.25, 0.3) is 0 Å². The number of aromatic nitrogens is 2. The van der Waals surface area contributed by atoms with Crippen molar-refractivity contribution in [1.82, 2.24) is 15.1 Å². The first-order valence-electron chi connectivity index (χ1n) is 7.70. The Bertz CT molecular complexity index is 708. The fourth-order valence-corrected chi connectivity index (χ4v) is 5.27. The Labute approximate surface area is 144 Å². The molecule has 0 aliphatic carbocycles. The van der Waals surface area contributed by atoms with Gasteiger partial charge in [0.25, 0.3) is 0 Å². The molecule has 1 N–H and O–H groups in total. The number of ether oxygens (including phenoxy) is 1. The van der Waals surface area contributed by atoms with E-state index in [0.29, 0.717) is 6.54 Å². The minimum absolute atomic E-state index is 0.0716. The zero-order valence-electron chi connectivity index (χ0n) is 13.6. The predicted octanol–water partition coefficient (Wildman–Crippen LogP) is 2.70. The molecule has 3 rings (SSSR count). The van der Waals surface area contributed by atoms with E-state index in [1.54, 1.807) is 34.9 Å². The summed E-state index contributed by atoms with van der Waals surface area (Å²) in [6.07, 6.45) is 1.88. The van der Waals surface area contributed by atoms with E-state index in [0.717, 1.165) is 35.7 Å². The summed E-state index contributed by atoms with van der Waals surface area (Å²) in [6, 6.07) is 2.08. The lowest BCUT2D eigenvalue weighted by molar-refractivity contribution is -0.120. The van der Waals surface area contributed by atoms with Crippen molar-refractivity contribution >= 4 is 29.0 Å². The fourth-order valence-electron chi connectivity index (χ4n) is 2.95. The van der Waals surface area contributed by atoms with Crippen molar-refractivity contribution in [2.24, 2.45) is 7.05 Å². The van der Waals surface area contributed by atoms with Crippen LogP contribution in [0.4, 0.5) is 0 Å². The zero-order chi connectivity index (χ0) is 16.4. The van der Waals surface area contributed by atoms with Crippen molar-refractivity contribution in [3.63, 3.8) is 0 Å². The third-order valence-electron chi connectivity index (χ3n) is 4.05. The smallest absolute Gasteiger partial charge is 0.237 e. The highest BCUT2D eigenvalue weighted by Gasteiger charge is 2.28. The van der Waals surface area contributed by atoms with Crippen molar-refractivity contribution in [1.29, 1.82) is 0 Å². The standard InChI is InChI=1S/C16H21N3O2S2/c1-4-12-11(16(21-3)19(2)18-12)9-17-15(20)14-10-5-7-22-13(10)6-8-23-14/h5,7,14H,4,6,8-9H2,1-3H3,(H,17,20)/t14-/m1/s1. The van der Waals surface area contributed by atoms with Crippen molar-refractivity contribution in [2.45, 2.75) is 31.6 Å². The van der Waals surface area contributed by atoms with Gasteiger partial charge in [0, 0.05) is 11.9 Å². The second-order valence-electron chi connectivity index (χ2n) is 5.43. The van der Waals surface area contributed by atoms with Gasteiger partial charge in [0.15, 0.2) is 0 Å². The lowest BCUT2D eigenvalue weighted by Gasteiger charge is -2.21. The summed E-state index contributed by atoms with van der Waals surface area (Å²) in [5, 5.41) is 9.51. The molecule has 0 fully saturated rings. The Balaban J connectivity index is 1.74. The van der Waals surface area contributed by atoms with Gasteiger partial charge in [-0.1, -0.05) is 6.92 Å². The van der Waals surface area contributed by atoms with Crippen LogP contribution in [0.5, 0.6) is 5.88 Å². The summed E-state index contributed by atoms with van der Waals surface area (Å²) in [5.41, 5.74) is 3.12. The minimum Gasteiger partial charge on any atom is -0.481 e. The van der Waals surface area contributed by atoms with E-state index in [-0.39, 0.29) is 11.2 Å². The average Bonchev–Trinajstić information content (AvgIpc) is 3.15. The molecule has 0 saturated heterocycles. The molecule has 23 heavy (non-hydrogen) atoms. The number of hydrogen-bond acceptors (Lipinski definition) is 5. The molecular formula is C16H21N3O2S2. The number of methoxy groups -OCH3 is 1. The number of hydrogen-bond donors (Lipinski definition) is 1. The second kappa shape index (κ2) is 6.97. The first-order chi connectivity index (χ1) is 11.2. The van der Waals surface area contributed by atoms with Gasteiger partial charge in [0.2, 0.25) is 11.8 Å². The highest BCUT2D eigenvalue weighted by molar-refractivity contribution is 8.00. The maximum Gasteiger partial charge on any atom is 0.237 e. The maximum atomic E-state index is 12.6. The van der Waals surface area contributed by atoms with Crippen molar-refractivity contribution in [3.8, 4) is 5.88 Å². The van der Waals surface area contributed by atoms with Gasteiger partial charge < -0.3 is 10.1 Å². The Kier molecular flexibility index (Phi) is 4.96. The van der Waals surface area contributed by atoms with E-state index in [9.17, 15) is 4.79 Å². The molecule has 0 aromatic carbocycles. The van der Waals surface area contributed by atoms with E-state index in [1.165, 1.54) is 10.4 Å². The minimum atomic E-state index is -0.0993. The number of amides is 1. The van der Waals surface area contributed by atoms with Gasteiger partial charge in [-0.25, -0.2) is 4.68 Å². The second-order valence-corrected chi connectivity index (χ2v) is 7.64. The summed E-state index contributed by atoms with van der Waals surface area (Å²) in [4.78, 5) is 14.0. The van der Waals surface area contributed by atoms with Gasteiger partial charge in [-0.15, -0.1) is 23.1 Å². The van der Waals surface area contributed by atoms with Crippen LogP contribution in [0.3, 0.4) is 0 Å². The number of carbonyl (C=O) groups is 1. The number of aryl methyl sites for hydroxylation is 3. The molecule has 2 aromatic heterocycles. The number of carbonyl (C=O) groups excluding carboxylic acids is 1. The molecule has 3 heterocycles. The first-order valence-corrected chi connectivity index (χ1v) is 9.62. The van der Waals surface area contributed by atoms with Gasteiger partial charge >= 0.3 is 0 Å². The van der Waals surface area contributed by atoms with Gasteiger partial charge in [-0.3, -0.25) is 4.79 Å². The molecule has 1 aliphatic heterocycles. The largest absolute Gasteiger partial charge is 0.481 e. The average molecular weight is 351 g/mol. The molecule has 0 saturated carbocycles. The molecule has 5 nitrogen and oxygen atoms in total. The number of thiophene rings is 1. The van der Waals surface area contributed by atoms with Crippen LogP contribution in [0.15, 0.2) is 11.4 Å². The summed E-state index contributed by atoms with van der Waals surface area (Å²) in [5.74, 6) is 1.79. The van der Waals surface area contributed by atoms with Gasteiger partial charge in [0.1, 0.15) is 5.25 Å². The molecule has 0 unspecified atom stereocenters. The van der Waals surface area contributed by atoms with Crippen LogP contribution in [-0.4, -0.2) is 28.6 Å². The molecule has 0 bridgehead atoms.